The smallest absolute Gasteiger partial charge is 0.344 e. The summed E-state index contributed by atoms with van der Waals surface area (Å²) in [6, 6.07) is 1.79. The molecule has 0 fully saturated rings. The summed E-state index contributed by atoms with van der Waals surface area (Å²) in [7, 11) is 1.23. The molecule has 0 heterocycles. The van der Waals surface area contributed by atoms with E-state index in [0.717, 1.165) is 19.1 Å². The van der Waals surface area contributed by atoms with E-state index in [0.29, 0.717) is 0 Å². The first-order chi connectivity index (χ1) is 12.2. The lowest BCUT2D eigenvalue weighted by molar-refractivity contribution is -0.168. The summed E-state index contributed by atoms with van der Waals surface area (Å²) in [6.45, 7) is 3.78. The van der Waals surface area contributed by atoms with Crippen LogP contribution in [-0.2, 0) is 30.3 Å². The summed E-state index contributed by atoms with van der Waals surface area (Å²) in [5.41, 5.74) is -3.02. The van der Waals surface area contributed by atoms with E-state index in [9.17, 15) is 23.2 Å². The van der Waals surface area contributed by atoms with Crippen molar-refractivity contribution in [2.75, 3.05) is 20.3 Å². The Kier molecular flexibility index (Phi) is 7.48. The molecule has 0 saturated heterocycles. The van der Waals surface area contributed by atoms with E-state index in [1.54, 1.807) is 0 Å². The molecule has 0 aromatic heterocycles. The third-order valence-electron chi connectivity index (χ3n) is 3.43. The number of carbonyl (C=O) groups is 3. The molecule has 1 aromatic carbocycles. The molecule has 0 aliphatic rings. The van der Waals surface area contributed by atoms with Gasteiger partial charge in [0.1, 0.15) is 17.4 Å². The number of carbonyl (C=O) groups excluding carboxylic acids is 3. The van der Waals surface area contributed by atoms with Gasteiger partial charge in [0.2, 0.25) is 11.4 Å². The summed E-state index contributed by atoms with van der Waals surface area (Å²) in [5.74, 6) is -5.32. The molecule has 144 valence electrons. The van der Waals surface area contributed by atoms with Crippen molar-refractivity contribution in [3.63, 3.8) is 0 Å². The van der Waals surface area contributed by atoms with Gasteiger partial charge < -0.3 is 19.5 Å². The highest BCUT2D eigenvalue weighted by Crippen LogP contribution is 2.26. The minimum absolute atomic E-state index is 0.0823. The van der Waals surface area contributed by atoms with Crippen LogP contribution >= 0.6 is 0 Å². The molecule has 9 heteroatoms. The number of nitrogens with one attached hydrogen (secondary N) is 1. The Balaban J connectivity index is 3.50. The van der Waals surface area contributed by atoms with Gasteiger partial charge in [0.15, 0.2) is 0 Å². The maximum atomic E-state index is 14.3. The lowest BCUT2D eigenvalue weighted by Crippen LogP contribution is -2.62. The van der Waals surface area contributed by atoms with Crippen LogP contribution in [0.2, 0.25) is 0 Å². The average molecular weight is 373 g/mol. The molecule has 0 radical (unpaired) electrons. The Bertz CT molecular complexity index is 651. The van der Waals surface area contributed by atoms with E-state index < -0.39 is 47.0 Å². The third-order valence-corrected chi connectivity index (χ3v) is 3.43. The van der Waals surface area contributed by atoms with Gasteiger partial charge in [-0.15, -0.1) is 0 Å². The van der Waals surface area contributed by atoms with Crippen LogP contribution in [0.1, 0.15) is 26.3 Å². The Hall–Kier alpha value is -2.71. The predicted octanol–water partition coefficient (Wildman–Crippen LogP) is 1.52. The number of esters is 2. The van der Waals surface area contributed by atoms with Crippen LogP contribution in [0, 0.1) is 11.6 Å². The van der Waals surface area contributed by atoms with Crippen LogP contribution < -0.4 is 10.1 Å². The molecule has 26 heavy (non-hydrogen) atoms. The summed E-state index contributed by atoms with van der Waals surface area (Å²) < 4.78 is 43.1. The largest absolute Gasteiger partial charge is 0.497 e. The van der Waals surface area contributed by atoms with E-state index in [4.69, 9.17) is 14.2 Å². The van der Waals surface area contributed by atoms with Gasteiger partial charge in [-0.1, -0.05) is 0 Å². The Labute approximate surface area is 149 Å². The summed E-state index contributed by atoms with van der Waals surface area (Å²) >= 11 is 0. The van der Waals surface area contributed by atoms with Crippen LogP contribution in [0.5, 0.6) is 5.75 Å². The van der Waals surface area contributed by atoms with Gasteiger partial charge in [-0.05, 0) is 13.8 Å². The zero-order valence-electron chi connectivity index (χ0n) is 15.0. The molecule has 0 aliphatic heterocycles. The second-order valence-electron chi connectivity index (χ2n) is 5.27. The summed E-state index contributed by atoms with van der Waals surface area (Å²) in [5, 5.41) is 2.14. The van der Waals surface area contributed by atoms with Gasteiger partial charge in [-0.25, -0.2) is 18.4 Å². The standard InChI is InChI=1S/C17H21F2NO6/c1-5-25-15(22)17(20-10(3)21,16(23)26-6-2)9-12-13(18)7-11(24-4)8-14(12)19/h7-8H,5-6,9H2,1-4H3,(H,20,21). The van der Waals surface area contributed by atoms with E-state index in [1.807, 2.05) is 0 Å². The number of ether oxygens (including phenoxy) is 3. The van der Waals surface area contributed by atoms with Crippen molar-refractivity contribution in [3.05, 3.63) is 29.3 Å². The van der Waals surface area contributed by atoms with Crippen LogP contribution in [0.15, 0.2) is 12.1 Å². The SMILES string of the molecule is CCOC(=O)C(Cc1c(F)cc(OC)cc1F)(NC(C)=O)C(=O)OCC. The Morgan fingerprint density at radius 2 is 1.50 bits per heavy atom. The van der Waals surface area contributed by atoms with Crippen LogP contribution in [-0.4, -0.2) is 43.7 Å². The number of methoxy groups -OCH3 is 1. The molecule has 0 spiro atoms. The van der Waals surface area contributed by atoms with E-state index in [-0.39, 0.29) is 19.0 Å². The van der Waals surface area contributed by atoms with Gasteiger partial charge in [-0.3, -0.25) is 4.79 Å². The van der Waals surface area contributed by atoms with Crippen molar-refractivity contribution in [3.8, 4) is 5.75 Å². The highest BCUT2D eigenvalue weighted by molar-refractivity contribution is 6.08. The Morgan fingerprint density at radius 3 is 1.85 bits per heavy atom. The fourth-order valence-electron chi connectivity index (χ4n) is 2.31. The molecule has 1 aromatic rings. The fraction of sp³-hybridized carbons (Fsp3) is 0.471. The number of hydrogen-bond acceptors (Lipinski definition) is 6. The lowest BCUT2D eigenvalue weighted by atomic mass is 9.89. The molecule has 0 unspecified atom stereocenters. The summed E-state index contributed by atoms with van der Waals surface area (Å²) in [4.78, 5) is 36.5. The lowest BCUT2D eigenvalue weighted by Gasteiger charge is -2.30. The van der Waals surface area contributed by atoms with Gasteiger partial charge in [-0.2, -0.15) is 0 Å². The first kappa shape index (κ1) is 21.3. The van der Waals surface area contributed by atoms with Crippen LogP contribution in [0.4, 0.5) is 8.78 Å². The maximum absolute atomic E-state index is 14.3. The van der Waals surface area contributed by atoms with Crippen LogP contribution in [0.25, 0.3) is 0 Å². The predicted molar refractivity (Wildman–Crippen MR) is 86.4 cm³/mol. The van der Waals surface area contributed by atoms with Gasteiger partial charge in [0.05, 0.1) is 20.3 Å². The van der Waals surface area contributed by atoms with Gasteiger partial charge in [0.25, 0.3) is 0 Å². The highest BCUT2D eigenvalue weighted by Gasteiger charge is 2.51. The number of benzene rings is 1. The molecule has 1 amide bonds. The highest BCUT2D eigenvalue weighted by atomic mass is 19.1. The first-order valence-corrected chi connectivity index (χ1v) is 7.86. The normalized spacial score (nSPS) is 10.8. The third kappa shape index (κ3) is 4.68. The monoisotopic (exact) mass is 373 g/mol. The summed E-state index contributed by atoms with van der Waals surface area (Å²) in [6.07, 6.45) is -0.827. The van der Waals surface area contributed by atoms with Crippen LogP contribution in [0.3, 0.4) is 0 Å². The number of hydrogen-bond donors (Lipinski definition) is 1. The number of rotatable bonds is 8. The zero-order chi connectivity index (χ0) is 19.9. The van der Waals surface area contributed by atoms with E-state index >= 15 is 0 Å². The van der Waals surface area contributed by atoms with Crippen molar-refractivity contribution in [1.82, 2.24) is 5.32 Å². The second kappa shape index (κ2) is 9.12. The second-order valence-corrected chi connectivity index (χ2v) is 5.27. The minimum atomic E-state index is -2.42. The topological polar surface area (TPSA) is 90.9 Å². The molecule has 0 bridgehead atoms. The molecule has 0 aliphatic carbocycles. The quantitative estimate of drug-likeness (QED) is 0.549. The fourth-order valence-corrected chi connectivity index (χ4v) is 2.31. The average Bonchev–Trinajstić information content (AvgIpc) is 2.56. The minimum Gasteiger partial charge on any atom is -0.497 e. The van der Waals surface area contributed by atoms with Crippen molar-refractivity contribution in [2.45, 2.75) is 32.7 Å². The van der Waals surface area contributed by atoms with Crippen molar-refractivity contribution < 1.29 is 37.4 Å². The molecule has 0 atom stereocenters. The molecule has 7 nitrogen and oxygen atoms in total. The van der Waals surface area contributed by atoms with Gasteiger partial charge >= 0.3 is 11.9 Å². The number of halogens is 2. The molecule has 0 saturated carbocycles. The van der Waals surface area contributed by atoms with E-state index in [1.165, 1.54) is 21.0 Å². The van der Waals surface area contributed by atoms with Crippen molar-refractivity contribution in [2.24, 2.45) is 0 Å². The van der Waals surface area contributed by atoms with Gasteiger partial charge in [0, 0.05) is 31.0 Å². The molecular weight excluding hydrogens is 352 g/mol. The maximum Gasteiger partial charge on any atom is 0.344 e. The van der Waals surface area contributed by atoms with Crippen molar-refractivity contribution in [1.29, 1.82) is 0 Å². The molecule has 1 rings (SSSR count). The number of amides is 1. The Morgan fingerprint density at radius 1 is 1.04 bits per heavy atom. The van der Waals surface area contributed by atoms with E-state index in [2.05, 4.69) is 5.32 Å². The zero-order valence-corrected chi connectivity index (χ0v) is 15.0. The molecule has 1 N–H and O–H groups in total. The molecular formula is C17H21F2NO6. The first-order valence-electron chi connectivity index (χ1n) is 7.86. The van der Waals surface area contributed by atoms with Crippen molar-refractivity contribution >= 4 is 17.8 Å².